The summed E-state index contributed by atoms with van der Waals surface area (Å²) in [6, 6.07) is 18.5. The van der Waals surface area contributed by atoms with E-state index in [2.05, 4.69) is 0 Å². The van der Waals surface area contributed by atoms with Crippen LogP contribution in [0.15, 0.2) is 71.6 Å². The van der Waals surface area contributed by atoms with Crippen LogP contribution < -0.4 is 9.04 Å². The molecule has 0 amide bonds. The summed E-state index contributed by atoms with van der Waals surface area (Å²) in [4.78, 5) is 12.5. The van der Waals surface area contributed by atoms with Gasteiger partial charge in [0.1, 0.15) is 5.75 Å². The van der Waals surface area contributed by atoms with Crippen LogP contribution in [0, 0.1) is 20.8 Å². The second-order valence-electron chi connectivity index (χ2n) is 6.97. The monoisotopic (exact) mass is 409 g/mol. The van der Waals surface area contributed by atoms with E-state index in [0.29, 0.717) is 17.0 Å². The molecule has 0 atom stereocenters. The predicted molar refractivity (Wildman–Crippen MR) is 114 cm³/mol. The molecule has 3 aromatic rings. The Morgan fingerprint density at radius 2 is 1.45 bits per heavy atom. The molecule has 0 saturated carbocycles. The highest BCUT2D eigenvalue weighted by molar-refractivity contribution is 7.92. The number of nitrogens with zero attached hydrogens (tertiary/aromatic N) is 1. The molecule has 0 aliphatic carbocycles. The first-order valence-corrected chi connectivity index (χ1v) is 10.6. The lowest BCUT2D eigenvalue weighted by molar-refractivity contribution is 0.0734. The lowest BCUT2D eigenvalue weighted by Gasteiger charge is -2.20. The van der Waals surface area contributed by atoms with Crippen molar-refractivity contribution in [3.05, 3.63) is 89.0 Å². The summed E-state index contributed by atoms with van der Waals surface area (Å²) < 4.78 is 32.4. The van der Waals surface area contributed by atoms with Crippen LogP contribution >= 0.6 is 0 Å². The number of benzene rings is 3. The van der Waals surface area contributed by atoms with Gasteiger partial charge in [0.15, 0.2) is 0 Å². The van der Waals surface area contributed by atoms with Gasteiger partial charge in [-0.3, -0.25) is 4.31 Å². The maximum atomic E-state index is 12.9. The van der Waals surface area contributed by atoms with Crippen LogP contribution in [0.3, 0.4) is 0 Å². The zero-order chi connectivity index (χ0) is 21.2. The minimum absolute atomic E-state index is 0.234. The van der Waals surface area contributed by atoms with E-state index in [1.165, 1.54) is 11.4 Å². The van der Waals surface area contributed by atoms with Gasteiger partial charge < -0.3 is 4.74 Å². The molecular formula is C23H23NO4S. The van der Waals surface area contributed by atoms with Gasteiger partial charge in [0.2, 0.25) is 0 Å². The van der Waals surface area contributed by atoms with Gasteiger partial charge in [-0.15, -0.1) is 0 Å². The largest absolute Gasteiger partial charge is 0.423 e. The Labute approximate surface area is 171 Å². The molecule has 0 fully saturated rings. The van der Waals surface area contributed by atoms with E-state index in [1.54, 1.807) is 54.6 Å². The Hall–Kier alpha value is -3.12. The topological polar surface area (TPSA) is 63.7 Å². The minimum atomic E-state index is -3.69. The Kier molecular flexibility index (Phi) is 5.75. The van der Waals surface area contributed by atoms with Crippen LogP contribution in [0.4, 0.5) is 5.69 Å². The first-order valence-electron chi connectivity index (χ1n) is 9.13. The molecule has 3 rings (SSSR count). The van der Waals surface area contributed by atoms with Crippen molar-refractivity contribution in [3.8, 4) is 5.75 Å². The van der Waals surface area contributed by atoms with Gasteiger partial charge in [-0.2, -0.15) is 0 Å². The minimum Gasteiger partial charge on any atom is -0.423 e. The van der Waals surface area contributed by atoms with Gasteiger partial charge in [-0.1, -0.05) is 23.8 Å². The molecule has 6 heteroatoms. The fraction of sp³-hybridized carbons (Fsp3) is 0.174. The number of anilines is 1. The molecule has 150 valence electrons. The Balaban J connectivity index is 1.77. The van der Waals surface area contributed by atoms with E-state index in [1.807, 2.05) is 32.9 Å². The van der Waals surface area contributed by atoms with Crippen molar-refractivity contribution in [3.63, 3.8) is 0 Å². The molecule has 0 saturated heterocycles. The average Bonchev–Trinajstić information content (AvgIpc) is 2.70. The van der Waals surface area contributed by atoms with E-state index in [-0.39, 0.29) is 4.90 Å². The number of aryl methyl sites for hydroxylation is 3. The summed E-state index contributed by atoms with van der Waals surface area (Å²) in [6.45, 7) is 5.76. The third kappa shape index (κ3) is 4.49. The molecule has 0 aromatic heterocycles. The van der Waals surface area contributed by atoms with Gasteiger partial charge in [0, 0.05) is 7.05 Å². The van der Waals surface area contributed by atoms with Crippen LogP contribution in [-0.2, 0) is 10.0 Å². The molecule has 0 aliphatic heterocycles. The van der Waals surface area contributed by atoms with Crippen molar-refractivity contribution < 1.29 is 17.9 Å². The average molecular weight is 410 g/mol. The van der Waals surface area contributed by atoms with Crippen molar-refractivity contribution in [2.45, 2.75) is 25.7 Å². The Morgan fingerprint density at radius 1 is 0.828 bits per heavy atom. The summed E-state index contributed by atoms with van der Waals surface area (Å²) in [5, 5.41) is 0. The molecular weight excluding hydrogens is 386 g/mol. The third-order valence-corrected chi connectivity index (χ3v) is 6.62. The molecule has 0 radical (unpaired) electrons. The van der Waals surface area contributed by atoms with Crippen LogP contribution in [-0.4, -0.2) is 21.4 Å². The summed E-state index contributed by atoms with van der Waals surface area (Å²) in [7, 11) is -2.19. The number of ether oxygens (including phenoxy) is 1. The molecule has 0 bridgehead atoms. The molecule has 0 heterocycles. The Morgan fingerprint density at radius 3 is 2.03 bits per heavy atom. The number of rotatable bonds is 5. The molecule has 5 nitrogen and oxygen atoms in total. The maximum Gasteiger partial charge on any atom is 0.343 e. The van der Waals surface area contributed by atoms with E-state index in [0.717, 1.165) is 16.7 Å². The van der Waals surface area contributed by atoms with Gasteiger partial charge >= 0.3 is 5.97 Å². The standard InChI is InChI=1S/C23H23NO4S/c1-16-5-8-19(9-6-16)23(25)28-21-12-10-20(11-13-21)24(4)29(26,27)22-14-7-17(2)18(3)15-22/h5-15H,1-4H3. The van der Waals surface area contributed by atoms with Crippen molar-refractivity contribution in [1.29, 1.82) is 0 Å². The van der Waals surface area contributed by atoms with Crippen LogP contribution in [0.25, 0.3) is 0 Å². The van der Waals surface area contributed by atoms with E-state index in [4.69, 9.17) is 4.74 Å². The zero-order valence-corrected chi connectivity index (χ0v) is 17.7. The lowest BCUT2D eigenvalue weighted by Crippen LogP contribution is -2.26. The highest BCUT2D eigenvalue weighted by atomic mass is 32.2. The molecule has 0 aliphatic rings. The molecule has 0 spiro atoms. The first-order chi connectivity index (χ1) is 13.7. The molecule has 0 N–H and O–H groups in total. The van der Waals surface area contributed by atoms with Gasteiger partial charge in [-0.25, -0.2) is 13.2 Å². The summed E-state index contributed by atoms with van der Waals surface area (Å²) in [5.41, 5.74) is 3.93. The lowest BCUT2D eigenvalue weighted by atomic mass is 10.1. The van der Waals surface area contributed by atoms with E-state index < -0.39 is 16.0 Å². The highest BCUT2D eigenvalue weighted by Gasteiger charge is 2.22. The quantitative estimate of drug-likeness (QED) is 0.454. The summed E-state index contributed by atoms with van der Waals surface area (Å²) in [5.74, 6) is -0.120. The number of esters is 1. The number of sulfonamides is 1. The SMILES string of the molecule is Cc1ccc(C(=O)Oc2ccc(N(C)S(=O)(=O)c3ccc(C)c(C)c3)cc2)cc1. The molecule has 0 unspecified atom stereocenters. The van der Waals surface area contributed by atoms with E-state index in [9.17, 15) is 13.2 Å². The molecule has 29 heavy (non-hydrogen) atoms. The number of hydrogen-bond acceptors (Lipinski definition) is 4. The summed E-state index contributed by atoms with van der Waals surface area (Å²) in [6.07, 6.45) is 0. The predicted octanol–water partition coefficient (Wildman–Crippen LogP) is 4.66. The fourth-order valence-corrected chi connectivity index (χ4v) is 4.03. The highest BCUT2D eigenvalue weighted by Crippen LogP contribution is 2.26. The van der Waals surface area contributed by atoms with Crippen LogP contribution in [0.2, 0.25) is 0 Å². The van der Waals surface area contributed by atoms with Gasteiger partial charge in [-0.05, 0) is 80.4 Å². The van der Waals surface area contributed by atoms with Gasteiger partial charge in [0.05, 0.1) is 16.1 Å². The summed E-state index contributed by atoms with van der Waals surface area (Å²) >= 11 is 0. The number of hydrogen-bond donors (Lipinski definition) is 0. The van der Waals surface area contributed by atoms with Crippen molar-refractivity contribution >= 4 is 21.7 Å². The Bertz CT molecular complexity index is 1130. The van der Waals surface area contributed by atoms with Crippen LogP contribution in [0.1, 0.15) is 27.0 Å². The second kappa shape index (κ2) is 8.09. The zero-order valence-electron chi connectivity index (χ0n) is 16.8. The molecule has 3 aromatic carbocycles. The normalized spacial score (nSPS) is 11.2. The van der Waals surface area contributed by atoms with Gasteiger partial charge in [0.25, 0.3) is 10.0 Å². The first kappa shape index (κ1) is 20.6. The fourth-order valence-electron chi connectivity index (χ4n) is 2.75. The van der Waals surface area contributed by atoms with Crippen LogP contribution in [0.5, 0.6) is 5.75 Å². The smallest absolute Gasteiger partial charge is 0.343 e. The second-order valence-corrected chi connectivity index (χ2v) is 8.94. The number of carbonyl (C=O) groups excluding carboxylic acids is 1. The maximum absolute atomic E-state index is 12.9. The third-order valence-electron chi connectivity index (χ3n) is 4.83. The number of carbonyl (C=O) groups is 1. The van der Waals surface area contributed by atoms with Crippen molar-refractivity contribution in [2.75, 3.05) is 11.4 Å². The van der Waals surface area contributed by atoms with E-state index >= 15 is 0 Å². The van der Waals surface area contributed by atoms with Crippen molar-refractivity contribution in [1.82, 2.24) is 0 Å². The van der Waals surface area contributed by atoms with Crippen molar-refractivity contribution in [2.24, 2.45) is 0 Å².